The third kappa shape index (κ3) is 3.97. The normalized spacial score (nSPS) is 23.6. The molecule has 0 aromatic carbocycles. The van der Waals surface area contributed by atoms with Crippen molar-refractivity contribution in [1.29, 1.82) is 0 Å². The minimum absolute atomic E-state index is 0.732. The maximum Gasteiger partial charge on any atom is 0.00387 e. The highest BCUT2D eigenvalue weighted by molar-refractivity contribution is 4.78. The Balaban J connectivity index is 2.04. The minimum Gasteiger partial charge on any atom is -0.316 e. The van der Waals surface area contributed by atoms with Crippen LogP contribution in [-0.2, 0) is 0 Å². The molecule has 1 aliphatic rings. The summed E-state index contributed by atoms with van der Waals surface area (Å²) in [5.41, 5.74) is 0. The zero-order valence-corrected chi connectivity index (χ0v) is 10.1. The van der Waals surface area contributed by atoms with Crippen LogP contribution in [0.4, 0.5) is 0 Å². The average molecular weight is 198 g/mol. The van der Waals surface area contributed by atoms with Gasteiger partial charge in [-0.3, -0.25) is 0 Å². The number of nitrogens with zero attached hydrogens (tertiary/aromatic N) is 1. The van der Waals surface area contributed by atoms with Gasteiger partial charge in [-0.1, -0.05) is 13.3 Å². The molecule has 0 amide bonds. The zero-order valence-electron chi connectivity index (χ0n) is 10.1. The van der Waals surface area contributed by atoms with E-state index in [0.29, 0.717) is 0 Å². The Morgan fingerprint density at radius 1 is 1.43 bits per heavy atom. The van der Waals surface area contributed by atoms with Gasteiger partial charge in [0.25, 0.3) is 0 Å². The molecule has 1 aliphatic heterocycles. The third-order valence-corrected chi connectivity index (χ3v) is 3.19. The Bertz CT molecular complexity index is 145. The molecular formula is C12H26N2. The minimum atomic E-state index is 0.732. The lowest BCUT2D eigenvalue weighted by Gasteiger charge is -2.20. The van der Waals surface area contributed by atoms with Crippen molar-refractivity contribution in [1.82, 2.24) is 10.2 Å². The predicted octanol–water partition coefficient (Wildman–Crippen LogP) is 2.11. The molecule has 0 bridgehead atoms. The summed E-state index contributed by atoms with van der Waals surface area (Å²) in [6.45, 7) is 11.9. The fraction of sp³-hybridized carbons (Fsp3) is 1.00. The number of rotatable bonds is 6. The molecule has 0 aromatic heterocycles. The Morgan fingerprint density at radius 2 is 2.21 bits per heavy atom. The first-order chi connectivity index (χ1) is 6.74. The number of hydrogen-bond donors (Lipinski definition) is 1. The van der Waals surface area contributed by atoms with Gasteiger partial charge in [0.1, 0.15) is 0 Å². The molecule has 1 saturated heterocycles. The van der Waals surface area contributed by atoms with Crippen LogP contribution in [0.2, 0.25) is 0 Å². The van der Waals surface area contributed by atoms with E-state index in [1.54, 1.807) is 0 Å². The van der Waals surface area contributed by atoms with Crippen molar-refractivity contribution in [2.45, 2.75) is 46.1 Å². The smallest absolute Gasteiger partial charge is 0.00387 e. The van der Waals surface area contributed by atoms with E-state index in [2.05, 4.69) is 31.0 Å². The van der Waals surface area contributed by atoms with Crippen molar-refractivity contribution in [2.24, 2.45) is 5.92 Å². The van der Waals surface area contributed by atoms with Crippen LogP contribution in [0.25, 0.3) is 0 Å². The Labute approximate surface area is 89.1 Å². The molecule has 0 aromatic rings. The average Bonchev–Trinajstić information content (AvgIpc) is 2.61. The molecule has 1 heterocycles. The summed E-state index contributed by atoms with van der Waals surface area (Å²) in [6, 6.07) is 0.732. The second-order valence-corrected chi connectivity index (χ2v) is 4.80. The second kappa shape index (κ2) is 6.41. The summed E-state index contributed by atoms with van der Waals surface area (Å²) in [7, 11) is 0. The topological polar surface area (TPSA) is 15.3 Å². The predicted molar refractivity (Wildman–Crippen MR) is 62.6 cm³/mol. The Hall–Kier alpha value is -0.0800. The molecule has 0 spiro atoms. The van der Waals surface area contributed by atoms with Gasteiger partial charge in [0.05, 0.1) is 0 Å². The summed E-state index contributed by atoms with van der Waals surface area (Å²) in [5, 5.41) is 3.56. The molecule has 0 aliphatic carbocycles. The molecule has 1 fully saturated rings. The van der Waals surface area contributed by atoms with Crippen molar-refractivity contribution in [3.63, 3.8) is 0 Å². The Kier molecular flexibility index (Phi) is 5.49. The number of unbranched alkanes of at least 4 members (excludes halogenated alkanes) is 1. The molecule has 1 unspecified atom stereocenters. The van der Waals surface area contributed by atoms with Crippen molar-refractivity contribution >= 4 is 0 Å². The zero-order chi connectivity index (χ0) is 10.4. The van der Waals surface area contributed by atoms with E-state index in [1.807, 2.05) is 0 Å². The highest BCUT2D eigenvalue weighted by Crippen LogP contribution is 2.17. The van der Waals surface area contributed by atoms with Crippen molar-refractivity contribution in [3.05, 3.63) is 0 Å². The van der Waals surface area contributed by atoms with E-state index in [9.17, 15) is 0 Å². The summed E-state index contributed by atoms with van der Waals surface area (Å²) in [4.78, 5) is 2.59. The first-order valence-corrected chi connectivity index (χ1v) is 6.18. The standard InChI is InChI=1S/C12H26N2/c1-4-5-7-13-9-12-6-8-14(10-12)11(2)3/h11-13H,4-10H2,1-3H3. The van der Waals surface area contributed by atoms with Crippen LogP contribution in [0, 0.1) is 5.92 Å². The molecule has 2 nitrogen and oxygen atoms in total. The van der Waals surface area contributed by atoms with E-state index >= 15 is 0 Å². The summed E-state index contributed by atoms with van der Waals surface area (Å²) in [6.07, 6.45) is 4.01. The van der Waals surface area contributed by atoms with E-state index in [0.717, 1.165) is 12.0 Å². The van der Waals surface area contributed by atoms with E-state index in [-0.39, 0.29) is 0 Å². The quantitative estimate of drug-likeness (QED) is 0.658. The number of nitrogens with one attached hydrogen (secondary N) is 1. The molecule has 0 saturated carbocycles. The number of likely N-dealkylation sites (tertiary alicyclic amines) is 1. The van der Waals surface area contributed by atoms with Gasteiger partial charge in [0.2, 0.25) is 0 Å². The second-order valence-electron chi connectivity index (χ2n) is 4.80. The SMILES string of the molecule is CCCCNCC1CCN(C(C)C)C1. The molecule has 0 radical (unpaired) electrons. The summed E-state index contributed by atoms with van der Waals surface area (Å²) >= 11 is 0. The van der Waals surface area contributed by atoms with E-state index in [1.165, 1.54) is 45.4 Å². The lowest BCUT2D eigenvalue weighted by atomic mass is 10.1. The molecule has 14 heavy (non-hydrogen) atoms. The van der Waals surface area contributed by atoms with Crippen LogP contribution >= 0.6 is 0 Å². The first-order valence-electron chi connectivity index (χ1n) is 6.18. The van der Waals surface area contributed by atoms with Crippen molar-refractivity contribution in [2.75, 3.05) is 26.2 Å². The van der Waals surface area contributed by atoms with Crippen molar-refractivity contribution < 1.29 is 0 Å². The van der Waals surface area contributed by atoms with E-state index < -0.39 is 0 Å². The lowest BCUT2D eigenvalue weighted by molar-refractivity contribution is 0.264. The van der Waals surface area contributed by atoms with Crippen molar-refractivity contribution in [3.8, 4) is 0 Å². The maximum atomic E-state index is 3.56. The molecule has 2 heteroatoms. The fourth-order valence-electron chi connectivity index (χ4n) is 2.11. The largest absolute Gasteiger partial charge is 0.316 e. The van der Waals surface area contributed by atoms with Gasteiger partial charge in [0.15, 0.2) is 0 Å². The van der Waals surface area contributed by atoms with E-state index in [4.69, 9.17) is 0 Å². The van der Waals surface area contributed by atoms with Gasteiger partial charge in [-0.25, -0.2) is 0 Å². The number of hydrogen-bond acceptors (Lipinski definition) is 2. The van der Waals surface area contributed by atoms with Crippen LogP contribution in [-0.4, -0.2) is 37.1 Å². The third-order valence-electron chi connectivity index (χ3n) is 3.19. The van der Waals surface area contributed by atoms with Crippen LogP contribution < -0.4 is 5.32 Å². The van der Waals surface area contributed by atoms with Crippen LogP contribution in [0.3, 0.4) is 0 Å². The summed E-state index contributed by atoms with van der Waals surface area (Å²) < 4.78 is 0. The highest BCUT2D eigenvalue weighted by Gasteiger charge is 2.23. The molecular weight excluding hydrogens is 172 g/mol. The highest BCUT2D eigenvalue weighted by atomic mass is 15.2. The molecule has 1 atom stereocenters. The van der Waals surface area contributed by atoms with Crippen LogP contribution in [0.1, 0.15) is 40.0 Å². The monoisotopic (exact) mass is 198 g/mol. The maximum absolute atomic E-state index is 3.56. The van der Waals surface area contributed by atoms with Gasteiger partial charge in [-0.2, -0.15) is 0 Å². The summed E-state index contributed by atoms with van der Waals surface area (Å²) in [5.74, 6) is 0.897. The Morgan fingerprint density at radius 3 is 2.79 bits per heavy atom. The van der Waals surface area contributed by atoms with Gasteiger partial charge in [-0.15, -0.1) is 0 Å². The van der Waals surface area contributed by atoms with Gasteiger partial charge < -0.3 is 10.2 Å². The molecule has 84 valence electrons. The van der Waals surface area contributed by atoms with Gasteiger partial charge in [0, 0.05) is 12.6 Å². The molecule has 1 rings (SSSR count). The fourth-order valence-corrected chi connectivity index (χ4v) is 2.11. The molecule has 1 N–H and O–H groups in total. The first kappa shape index (κ1) is 12.0. The van der Waals surface area contributed by atoms with Gasteiger partial charge in [-0.05, 0) is 52.2 Å². The lowest BCUT2D eigenvalue weighted by Crippen LogP contribution is -2.30. The van der Waals surface area contributed by atoms with Crippen LogP contribution in [0.5, 0.6) is 0 Å². The van der Waals surface area contributed by atoms with Gasteiger partial charge >= 0.3 is 0 Å². The van der Waals surface area contributed by atoms with Crippen LogP contribution in [0.15, 0.2) is 0 Å².